The number of amides is 1. The van der Waals surface area contributed by atoms with Crippen molar-refractivity contribution in [2.45, 2.75) is 26.8 Å². The number of nitro groups is 1. The number of benzene rings is 1. The average Bonchev–Trinajstić information content (AvgIpc) is 2.27. The second-order valence-corrected chi connectivity index (χ2v) is 4.43. The van der Waals surface area contributed by atoms with Crippen molar-refractivity contribution in [2.75, 3.05) is 0 Å². The topological polar surface area (TPSA) is 72.2 Å². The third kappa shape index (κ3) is 3.26. The quantitative estimate of drug-likeness (QED) is 0.662. The molecule has 0 spiro atoms. The molecule has 1 rings (SSSR count). The van der Waals surface area contributed by atoms with Crippen LogP contribution in [0.1, 0.15) is 31.1 Å². The van der Waals surface area contributed by atoms with Gasteiger partial charge in [-0.25, -0.2) is 0 Å². The van der Waals surface area contributed by atoms with Gasteiger partial charge in [-0.05, 0) is 25.0 Å². The fourth-order valence-electron chi connectivity index (χ4n) is 1.25. The zero-order valence-electron chi connectivity index (χ0n) is 10.4. The molecular formula is C12H15FN2O3. The van der Waals surface area contributed by atoms with E-state index in [4.69, 9.17) is 0 Å². The third-order valence-electron chi connectivity index (χ3n) is 2.77. The Morgan fingerprint density at radius 3 is 2.44 bits per heavy atom. The molecule has 0 saturated carbocycles. The lowest BCUT2D eigenvalue weighted by molar-refractivity contribution is -0.387. The van der Waals surface area contributed by atoms with Crippen molar-refractivity contribution in [1.29, 1.82) is 0 Å². The van der Waals surface area contributed by atoms with Crippen LogP contribution in [0.2, 0.25) is 0 Å². The predicted molar refractivity (Wildman–Crippen MR) is 64.8 cm³/mol. The van der Waals surface area contributed by atoms with E-state index < -0.39 is 22.3 Å². The van der Waals surface area contributed by atoms with Gasteiger partial charge in [0.2, 0.25) is 5.82 Å². The first-order valence-corrected chi connectivity index (χ1v) is 5.57. The first-order valence-electron chi connectivity index (χ1n) is 5.57. The van der Waals surface area contributed by atoms with E-state index in [2.05, 4.69) is 5.32 Å². The first-order chi connectivity index (χ1) is 8.32. The van der Waals surface area contributed by atoms with Crippen LogP contribution in [0.4, 0.5) is 10.1 Å². The van der Waals surface area contributed by atoms with Gasteiger partial charge in [-0.1, -0.05) is 13.8 Å². The van der Waals surface area contributed by atoms with Crippen LogP contribution < -0.4 is 5.32 Å². The number of halogens is 1. The van der Waals surface area contributed by atoms with Gasteiger partial charge in [0, 0.05) is 17.7 Å². The number of rotatable bonds is 4. The summed E-state index contributed by atoms with van der Waals surface area (Å²) in [6.45, 7) is 5.73. The number of nitrogens with zero attached hydrogens (tertiary/aromatic N) is 1. The smallest absolute Gasteiger partial charge is 0.304 e. The Balaban J connectivity index is 2.88. The van der Waals surface area contributed by atoms with Crippen LogP contribution in [-0.4, -0.2) is 16.9 Å². The number of hydrogen-bond acceptors (Lipinski definition) is 3. The normalized spacial score (nSPS) is 12.3. The summed E-state index contributed by atoms with van der Waals surface area (Å²) >= 11 is 0. The lowest BCUT2D eigenvalue weighted by atomic mass is 10.1. The maximum atomic E-state index is 13.3. The molecule has 0 fully saturated rings. The van der Waals surface area contributed by atoms with Crippen molar-refractivity contribution in [3.8, 4) is 0 Å². The minimum atomic E-state index is -1.01. The van der Waals surface area contributed by atoms with E-state index in [-0.39, 0.29) is 17.5 Å². The van der Waals surface area contributed by atoms with Crippen molar-refractivity contribution in [3.05, 3.63) is 39.7 Å². The Morgan fingerprint density at radius 1 is 1.39 bits per heavy atom. The molecule has 1 aromatic rings. The van der Waals surface area contributed by atoms with Gasteiger partial charge in [-0.15, -0.1) is 0 Å². The number of carbonyl (C=O) groups is 1. The van der Waals surface area contributed by atoms with E-state index in [1.807, 2.05) is 20.8 Å². The van der Waals surface area contributed by atoms with Gasteiger partial charge in [0.25, 0.3) is 5.91 Å². The highest BCUT2D eigenvalue weighted by Crippen LogP contribution is 2.18. The molecule has 0 aliphatic carbocycles. The second kappa shape index (κ2) is 5.57. The van der Waals surface area contributed by atoms with Crippen molar-refractivity contribution >= 4 is 11.6 Å². The van der Waals surface area contributed by atoms with Crippen LogP contribution in [0.5, 0.6) is 0 Å². The Morgan fingerprint density at radius 2 is 2.00 bits per heavy atom. The van der Waals surface area contributed by atoms with Crippen molar-refractivity contribution < 1.29 is 14.1 Å². The van der Waals surface area contributed by atoms with Gasteiger partial charge in [-0.3, -0.25) is 14.9 Å². The zero-order chi connectivity index (χ0) is 13.9. The van der Waals surface area contributed by atoms with Crippen LogP contribution in [0.25, 0.3) is 0 Å². The standard InChI is InChI=1S/C12H15FN2O3/c1-7(2)8(3)14-12(16)9-4-5-11(15(17)18)10(13)6-9/h4-8H,1-3H3,(H,14,16). The largest absolute Gasteiger partial charge is 0.349 e. The zero-order valence-corrected chi connectivity index (χ0v) is 10.4. The molecule has 0 bridgehead atoms. The van der Waals surface area contributed by atoms with Crippen LogP contribution in [0, 0.1) is 21.8 Å². The van der Waals surface area contributed by atoms with Crippen molar-refractivity contribution in [3.63, 3.8) is 0 Å². The van der Waals surface area contributed by atoms with Gasteiger partial charge in [0.05, 0.1) is 4.92 Å². The summed E-state index contributed by atoms with van der Waals surface area (Å²) in [7, 11) is 0. The number of carbonyl (C=O) groups excluding carboxylic acids is 1. The highest BCUT2D eigenvalue weighted by atomic mass is 19.1. The predicted octanol–water partition coefficient (Wildman–Crippen LogP) is 2.51. The molecule has 0 radical (unpaired) electrons. The molecule has 1 unspecified atom stereocenters. The Bertz CT molecular complexity index is 474. The van der Waals surface area contributed by atoms with Gasteiger partial charge < -0.3 is 5.32 Å². The van der Waals surface area contributed by atoms with E-state index in [1.165, 1.54) is 6.07 Å². The highest BCUT2D eigenvalue weighted by Gasteiger charge is 2.18. The molecule has 1 amide bonds. The van der Waals surface area contributed by atoms with Gasteiger partial charge in [0.1, 0.15) is 0 Å². The summed E-state index contributed by atoms with van der Waals surface area (Å²) in [6.07, 6.45) is 0. The molecule has 0 heterocycles. The van der Waals surface area contributed by atoms with Crippen LogP contribution in [0.15, 0.2) is 18.2 Å². The van der Waals surface area contributed by atoms with E-state index in [0.29, 0.717) is 0 Å². The van der Waals surface area contributed by atoms with Crippen LogP contribution in [-0.2, 0) is 0 Å². The molecular weight excluding hydrogens is 239 g/mol. The summed E-state index contributed by atoms with van der Waals surface area (Å²) in [6, 6.07) is 3.05. The molecule has 6 heteroatoms. The molecule has 0 aliphatic heterocycles. The summed E-state index contributed by atoms with van der Waals surface area (Å²) in [5.74, 6) is -1.20. The second-order valence-electron chi connectivity index (χ2n) is 4.43. The summed E-state index contributed by atoms with van der Waals surface area (Å²) in [4.78, 5) is 21.4. The molecule has 18 heavy (non-hydrogen) atoms. The third-order valence-corrected chi connectivity index (χ3v) is 2.77. The Hall–Kier alpha value is -1.98. The van der Waals surface area contributed by atoms with E-state index in [1.54, 1.807) is 0 Å². The van der Waals surface area contributed by atoms with Crippen molar-refractivity contribution in [1.82, 2.24) is 5.32 Å². The number of nitro benzene ring substituents is 1. The molecule has 1 aromatic carbocycles. The van der Waals surface area contributed by atoms with Crippen molar-refractivity contribution in [2.24, 2.45) is 5.92 Å². The maximum Gasteiger partial charge on any atom is 0.304 e. The fraction of sp³-hybridized carbons (Fsp3) is 0.417. The highest BCUT2D eigenvalue weighted by molar-refractivity contribution is 5.94. The van der Waals surface area contributed by atoms with E-state index in [0.717, 1.165) is 12.1 Å². The molecule has 0 saturated heterocycles. The minimum absolute atomic E-state index is 0.0595. The average molecular weight is 254 g/mol. The minimum Gasteiger partial charge on any atom is -0.349 e. The maximum absolute atomic E-state index is 13.3. The molecule has 0 aromatic heterocycles. The van der Waals surface area contributed by atoms with Gasteiger partial charge >= 0.3 is 5.69 Å². The molecule has 5 nitrogen and oxygen atoms in total. The SMILES string of the molecule is CC(C)C(C)NC(=O)c1ccc([N+](=O)[O-])c(F)c1. The molecule has 1 N–H and O–H groups in total. The summed E-state index contributed by atoms with van der Waals surface area (Å²) < 4.78 is 13.3. The number of hydrogen-bond donors (Lipinski definition) is 1. The number of nitrogens with one attached hydrogen (secondary N) is 1. The summed E-state index contributed by atoms with van der Waals surface area (Å²) in [5.41, 5.74) is -0.561. The lowest BCUT2D eigenvalue weighted by Crippen LogP contribution is -2.36. The molecule has 0 aliphatic rings. The summed E-state index contributed by atoms with van der Waals surface area (Å²) in [5, 5.41) is 13.1. The van der Waals surface area contributed by atoms with E-state index in [9.17, 15) is 19.3 Å². The van der Waals surface area contributed by atoms with E-state index >= 15 is 0 Å². The Labute approximate surface area is 104 Å². The monoisotopic (exact) mass is 254 g/mol. The van der Waals surface area contributed by atoms with Gasteiger partial charge in [-0.2, -0.15) is 4.39 Å². The molecule has 1 atom stereocenters. The van der Waals surface area contributed by atoms with Gasteiger partial charge in [0.15, 0.2) is 0 Å². The first kappa shape index (κ1) is 14.1. The fourth-order valence-corrected chi connectivity index (χ4v) is 1.25. The Kier molecular flexibility index (Phi) is 4.36. The lowest BCUT2D eigenvalue weighted by Gasteiger charge is -2.17. The molecule has 98 valence electrons. The van der Waals surface area contributed by atoms with Crippen LogP contribution in [0.3, 0.4) is 0 Å². The van der Waals surface area contributed by atoms with Crippen LogP contribution >= 0.6 is 0 Å².